The molecule has 1 saturated heterocycles. The van der Waals surface area contributed by atoms with E-state index in [2.05, 4.69) is 15.2 Å². The van der Waals surface area contributed by atoms with Gasteiger partial charge in [-0.05, 0) is 12.1 Å². The van der Waals surface area contributed by atoms with Crippen LogP contribution in [0.2, 0.25) is 0 Å². The van der Waals surface area contributed by atoms with Crippen LogP contribution in [0.25, 0.3) is 0 Å². The van der Waals surface area contributed by atoms with E-state index in [-0.39, 0.29) is 5.82 Å². The van der Waals surface area contributed by atoms with Crippen LogP contribution in [0, 0.1) is 5.82 Å². The molecule has 1 atom stereocenters. The Morgan fingerprint density at radius 3 is 2.61 bits per heavy atom. The first-order valence-corrected chi connectivity index (χ1v) is 7.98. The number of halogens is 1. The van der Waals surface area contributed by atoms with Crippen molar-refractivity contribution in [1.29, 1.82) is 0 Å². The van der Waals surface area contributed by atoms with E-state index in [1.54, 1.807) is 12.1 Å². The van der Waals surface area contributed by atoms with Crippen molar-refractivity contribution in [2.24, 2.45) is 16.1 Å². The van der Waals surface area contributed by atoms with Crippen LogP contribution in [-0.4, -0.2) is 48.9 Å². The first-order valence-electron chi connectivity index (χ1n) is 7.98. The molecule has 0 saturated carbocycles. The van der Waals surface area contributed by atoms with Gasteiger partial charge in [-0.1, -0.05) is 17.2 Å². The fourth-order valence-electron chi connectivity index (χ4n) is 3.00. The quantitative estimate of drug-likeness (QED) is 0.816. The predicted molar refractivity (Wildman–Crippen MR) is 84.2 cm³/mol. The number of rotatable bonds is 6. The predicted octanol–water partition coefficient (Wildman–Crippen LogP) is 2.00. The second-order valence-electron chi connectivity index (χ2n) is 6.05. The molecule has 1 aromatic rings. The Kier molecular flexibility index (Phi) is 5.00. The smallest absolute Gasteiger partial charge is 0.207 e. The number of ether oxygens (including phenoxy) is 1. The van der Waals surface area contributed by atoms with E-state index in [0.29, 0.717) is 17.0 Å². The van der Waals surface area contributed by atoms with Gasteiger partial charge in [0.05, 0.1) is 13.2 Å². The molecule has 2 aliphatic heterocycles. The molecular formula is C16H23FN5O+. The van der Waals surface area contributed by atoms with Crippen molar-refractivity contribution in [3.63, 3.8) is 0 Å². The Balaban J connectivity index is 1.60. The van der Waals surface area contributed by atoms with E-state index in [1.807, 2.05) is 6.20 Å². The zero-order valence-electron chi connectivity index (χ0n) is 13.2. The number of benzene rings is 1. The molecule has 1 aromatic carbocycles. The third-order valence-electron chi connectivity index (χ3n) is 4.20. The van der Waals surface area contributed by atoms with Crippen LogP contribution in [0.4, 0.5) is 4.39 Å². The molecule has 124 valence electrons. The summed E-state index contributed by atoms with van der Waals surface area (Å²) in [5, 5.41) is 8.35. The highest BCUT2D eigenvalue weighted by Gasteiger charge is 2.31. The number of nitrogens with zero attached hydrogens (tertiary/aromatic N) is 4. The van der Waals surface area contributed by atoms with E-state index in [4.69, 9.17) is 10.5 Å². The van der Waals surface area contributed by atoms with Crippen LogP contribution in [0.15, 0.2) is 46.6 Å². The minimum absolute atomic E-state index is 0.231. The maximum absolute atomic E-state index is 13.1. The van der Waals surface area contributed by atoms with E-state index in [1.165, 1.54) is 12.1 Å². The lowest BCUT2D eigenvalue weighted by molar-refractivity contribution is -0.900. The van der Waals surface area contributed by atoms with E-state index in [0.717, 1.165) is 51.4 Å². The van der Waals surface area contributed by atoms with Crippen LogP contribution in [0.5, 0.6) is 0 Å². The summed E-state index contributed by atoms with van der Waals surface area (Å²) in [6, 6.07) is 6.52. The van der Waals surface area contributed by atoms with Crippen LogP contribution in [-0.2, 0) is 11.3 Å². The van der Waals surface area contributed by atoms with Gasteiger partial charge >= 0.3 is 0 Å². The third kappa shape index (κ3) is 4.34. The fraction of sp³-hybridized carbons (Fsp3) is 0.500. The first-order chi connectivity index (χ1) is 11.2. The minimum Gasteiger partial charge on any atom is -0.379 e. The number of morpholine rings is 1. The summed E-state index contributed by atoms with van der Waals surface area (Å²) in [7, 11) is 0. The summed E-state index contributed by atoms with van der Waals surface area (Å²) in [4.78, 5) is 2.40. The van der Waals surface area contributed by atoms with Gasteiger partial charge < -0.3 is 10.5 Å². The second-order valence-corrected chi connectivity index (χ2v) is 6.05. The molecule has 0 spiro atoms. The summed E-state index contributed by atoms with van der Waals surface area (Å²) in [6.07, 6.45) is 2.87. The van der Waals surface area contributed by atoms with Crippen molar-refractivity contribution in [3.8, 4) is 0 Å². The van der Waals surface area contributed by atoms with Crippen molar-refractivity contribution in [3.05, 3.63) is 47.7 Å². The molecule has 0 aromatic heterocycles. The lowest BCUT2D eigenvalue weighted by atomic mass is 10.2. The lowest BCUT2D eigenvalue weighted by Gasteiger charge is -2.28. The van der Waals surface area contributed by atoms with E-state index in [9.17, 15) is 4.39 Å². The molecule has 1 fully saturated rings. The summed E-state index contributed by atoms with van der Waals surface area (Å²) >= 11 is 0. The molecule has 23 heavy (non-hydrogen) atoms. The van der Waals surface area contributed by atoms with Crippen LogP contribution >= 0.6 is 0 Å². The third-order valence-corrected chi connectivity index (χ3v) is 4.20. The molecule has 0 aliphatic carbocycles. The Bertz CT molecular complexity index is 583. The first kappa shape index (κ1) is 16.0. The normalized spacial score (nSPS) is 24.8. The molecular weight excluding hydrogens is 297 g/mol. The maximum Gasteiger partial charge on any atom is 0.207 e. The molecule has 1 unspecified atom stereocenters. The highest BCUT2D eigenvalue weighted by molar-refractivity contribution is 5.15. The molecule has 2 aliphatic rings. The Hall–Kier alpha value is -1.83. The summed E-state index contributed by atoms with van der Waals surface area (Å²) in [5.41, 5.74) is 6.82. The Morgan fingerprint density at radius 1 is 1.22 bits per heavy atom. The molecule has 6 nitrogen and oxygen atoms in total. The van der Waals surface area contributed by atoms with E-state index < -0.39 is 0 Å². The van der Waals surface area contributed by atoms with Crippen molar-refractivity contribution in [1.82, 2.24) is 4.90 Å². The fourth-order valence-corrected chi connectivity index (χ4v) is 3.00. The van der Waals surface area contributed by atoms with Gasteiger partial charge in [0.25, 0.3) is 0 Å². The van der Waals surface area contributed by atoms with E-state index >= 15 is 0 Å². The second kappa shape index (κ2) is 7.16. The molecule has 7 heteroatoms. The molecule has 3 rings (SSSR count). The molecule has 0 radical (unpaired) electrons. The average molecular weight is 320 g/mol. The van der Waals surface area contributed by atoms with Crippen molar-refractivity contribution in [2.75, 3.05) is 39.4 Å². The summed E-state index contributed by atoms with van der Waals surface area (Å²) in [5.74, 6) is 0.212. The van der Waals surface area contributed by atoms with Crippen LogP contribution in [0.1, 0.15) is 12.0 Å². The van der Waals surface area contributed by atoms with Gasteiger partial charge in [-0.15, -0.1) is 4.59 Å². The monoisotopic (exact) mass is 320 g/mol. The van der Waals surface area contributed by atoms with Crippen LogP contribution < -0.4 is 5.73 Å². The lowest BCUT2D eigenvalue weighted by Crippen LogP contribution is -2.40. The average Bonchev–Trinajstić information content (AvgIpc) is 2.92. The molecule has 0 bridgehead atoms. The maximum atomic E-state index is 13.1. The standard InChI is InChI=1S/C16H23FN5O/c17-15-4-2-14(3-5-15)12-22(13-16(18)19-20-22)9-1-6-21-7-10-23-11-8-21/h2-5,13H,1,6-12,18H2/q+1. The largest absolute Gasteiger partial charge is 0.379 e. The Labute approximate surface area is 135 Å². The Morgan fingerprint density at radius 2 is 1.96 bits per heavy atom. The van der Waals surface area contributed by atoms with Crippen molar-refractivity contribution < 1.29 is 13.7 Å². The zero-order valence-corrected chi connectivity index (χ0v) is 13.2. The van der Waals surface area contributed by atoms with Gasteiger partial charge in [-0.3, -0.25) is 4.90 Å². The van der Waals surface area contributed by atoms with Gasteiger partial charge in [0.1, 0.15) is 18.9 Å². The van der Waals surface area contributed by atoms with Gasteiger partial charge in [0.15, 0.2) is 6.20 Å². The summed E-state index contributed by atoms with van der Waals surface area (Å²) in [6.45, 7) is 6.04. The van der Waals surface area contributed by atoms with Gasteiger partial charge in [-0.2, -0.15) is 0 Å². The van der Waals surface area contributed by atoms with Crippen LogP contribution in [0.3, 0.4) is 0 Å². The highest BCUT2D eigenvalue weighted by atomic mass is 19.1. The number of quaternary nitrogens is 1. The summed E-state index contributed by atoms with van der Waals surface area (Å²) < 4.78 is 18.8. The zero-order chi connectivity index (χ0) is 16.1. The highest BCUT2D eigenvalue weighted by Crippen LogP contribution is 2.24. The topological polar surface area (TPSA) is 63.2 Å². The number of nitrogens with two attached hydrogens (primary N) is 1. The van der Waals surface area contributed by atoms with Gasteiger partial charge in [-0.25, -0.2) is 4.39 Å². The number of hydrogen-bond acceptors (Lipinski definition) is 5. The minimum atomic E-state index is -0.231. The SMILES string of the molecule is NC1=C[N+](CCCN2CCOCC2)(Cc2ccc(F)cc2)N=N1. The van der Waals surface area contributed by atoms with Gasteiger partial charge in [0, 0.05) is 36.8 Å². The van der Waals surface area contributed by atoms with Crippen molar-refractivity contribution in [2.45, 2.75) is 13.0 Å². The van der Waals surface area contributed by atoms with Gasteiger partial charge in [0.2, 0.25) is 5.82 Å². The molecule has 2 heterocycles. The van der Waals surface area contributed by atoms with Crippen molar-refractivity contribution >= 4 is 0 Å². The molecule has 0 amide bonds. The molecule has 2 N–H and O–H groups in total. The number of hydrogen-bond donors (Lipinski definition) is 1.